The Morgan fingerprint density at radius 1 is 1.38 bits per heavy atom. The fraction of sp³-hybridized carbons (Fsp3) is 0.500. The van der Waals surface area contributed by atoms with Gasteiger partial charge in [-0.1, -0.05) is 19.9 Å². The number of aliphatic hydroxyl groups excluding tert-OH is 1. The Morgan fingerprint density at radius 3 is 2.56 bits per heavy atom. The van der Waals surface area contributed by atoms with E-state index in [1.807, 2.05) is 13.8 Å². The molecule has 0 aliphatic rings. The van der Waals surface area contributed by atoms with Crippen molar-refractivity contribution < 1.29 is 18.6 Å². The normalized spacial score (nSPS) is 10.9. The maximum atomic E-state index is 13.8. The third-order valence-corrected chi connectivity index (χ3v) is 2.27. The highest BCUT2D eigenvalue weighted by molar-refractivity contribution is 5.37. The van der Waals surface area contributed by atoms with E-state index in [0.717, 1.165) is 0 Å². The monoisotopic (exact) mass is 230 g/mol. The van der Waals surface area contributed by atoms with Gasteiger partial charge in [-0.3, -0.25) is 0 Å². The molecule has 4 heteroatoms. The predicted molar refractivity (Wildman–Crippen MR) is 57.9 cm³/mol. The molecule has 0 heterocycles. The molecule has 0 fully saturated rings. The van der Waals surface area contributed by atoms with E-state index in [4.69, 9.17) is 9.84 Å². The minimum absolute atomic E-state index is 0.00731. The van der Waals surface area contributed by atoms with Gasteiger partial charge in [-0.15, -0.1) is 0 Å². The first-order valence-corrected chi connectivity index (χ1v) is 5.22. The molecule has 0 amide bonds. The van der Waals surface area contributed by atoms with Crippen LogP contribution in [0.1, 0.15) is 30.9 Å². The fourth-order valence-corrected chi connectivity index (χ4v) is 1.44. The van der Waals surface area contributed by atoms with Crippen molar-refractivity contribution in [2.45, 2.75) is 26.4 Å². The van der Waals surface area contributed by atoms with Gasteiger partial charge in [0.15, 0.2) is 11.6 Å². The second-order valence-corrected chi connectivity index (χ2v) is 3.85. The number of hydrogen-bond donors (Lipinski definition) is 1. The van der Waals surface area contributed by atoms with E-state index in [1.165, 1.54) is 6.07 Å². The van der Waals surface area contributed by atoms with Gasteiger partial charge in [0.25, 0.3) is 0 Å². The number of rotatable bonds is 5. The van der Waals surface area contributed by atoms with E-state index in [0.29, 0.717) is 11.1 Å². The molecule has 0 aliphatic heterocycles. The van der Waals surface area contributed by atoms with Crippen molar-refractivity contribution in [2.75, 3.05) is 13.3 Å². The van der Waals surface area contributed by atoms with Crippen LogP contribution in [0.4, 0.5) is 8.78 Å². The zero-order valence-corrected chi connectivity index (χ0v) is 9.46. The molecule has 1 rings (SSSR count). The lowest BCUT2D eigenvalue weighted by Crippen LogP contribution is -2.05. The standard InChI is InChI=1S/C12H16F2O2/c1-8(2)10-5-9(7-15)6-11(12(10)14)16-4-3-13/h5-6,8,15H,3-4,7H2,1-2H3. The minimum Gasteiger partial charge on any atom is -0.488 e. The Kier molecular flexibility index (Phi) is 4.68. The van der Waals surface area contributed by atoms with Gasteiger partial charge < -0.3 is 9.84 Å². The van der Waals surface area contributed by atoms with Crippen LogP contribution in [-0.4, -0.2) is 18.4 Å². The van der Waals surface area contributed by atoms with Gasteiger partial charge in [-0.25, -0.2) is 8.78 Å². The summed E-state index contributed by atoms with van der Waals surface area (Å²) in [6.45, 7) is 2.66. The van der Waals surface area contributed by atoms with Crippen LogP contribution < -0.4 is 4.74 Å². The van der Waals surface area contributed by atoms with Gasteiger partial charge in [-0.05, 0) is 23.1 Å². The Labute approximate surface area is 93.9 Å². The molecule has 0 atom stereocenters. The van der Waals surface area contributed by atoms with Crippen LogP contribution in [0.25, 0.3) is 0 Å². The number of ether oxygens (including phenoxy) is 1. The molecule has 1 N–H and O–H groups in total. The highest BCUT2D eigenvalue weighted by atomic mass is 19.1. The van der Waals surface area contributed by atoms with E-state index >= 15 is 0 Å². The Hall–Kier alpha value is -1.16. The third-order valence-electron chi connectivity index (χ3n) is 2.27. The van der Waals surface area contributed by atoms with Crippen LogP contribution in [0.15, 0.2) is 12.1 Å². The molecule has 0 bridgehead atoms. The number of alkyl halides is 1. The molecule has 2 nitrogen and oxygen atoms in total. The number of aliphatic hydroxyl groups is 1. The molecule has 0 spiro atoms. The lowest BCUT2D eigenvalue weighted by Gasteiger charge is -2.13. The summed E-state index contributed by atoms with van der Waals surface area (Å²) in [5, 5.41) is 9.03. The van der Waals surface area contributed by atoms with E-state index in [9.17, 15) is 8.78 Å². The van der Waals surface area contributed by atoms with Crippen LogP contribution in [0.2, 0.25) is 0 Å². The Bertz CT molecular complexity index is 351. The van der Waals surface area contributed by atoms with Crippen LogP contribution in [0.3, 0.4) is 0 Å². The summed E-state index contributed by atoms with van der Waals surface area (Å²) >= 11 is 0. The van der Waals surface area contributed by atoms with Crippen molar-refractivity contribution in [3.8, 4) is 5.75 Å². The van der Waals surface area contributed by atoms with E-state index in [-0.39, 0.29) is 24.9 Å². The SMILES string of the molecule is CC(C)c1cc(CO)cc(OCCF)c1F. The summed E-state index contributed by atoms with van der Waals surface area (Å²) in [6.07, 6.45) is 0. The first-order valence-electron chi connectivity index (χ1n) is 5.22. The summed E-state index contributed by atoms with van der Waals surface area (Å²) in [6, 6.07) is 3.00. The Morgan fingerprint density at radius 2 is 2.06 bits per heavy atom. The third kappa shape index (κ3) is 2.92. The van der Waals surface area contributed by atoms with E-state index < -0.39 is 12.5 Å². The highest BCUT2D eigenvalue weighted by Crippen LogP contribution is 2.28. The molecular formula is C12H16F2O2. The summed E-state index contributed by atoms with van der Waals surface area (Å²) < 4.78 is 30.7. The van der Waals surface area contributed by atoms with Crippen molar-refractivity contribution in [3.63, 3.8) is 0 Å². The highest BCUT2D eigenvalue weighted by Gasteiger charge is 2.14. The van der Waals surface area contributed by atoms with Gasteiger partial charge in [0, 0.05) is 0 Å². The molecule has 0 radical (unpaired) electrons. The molecule has 16 heavy (non-hydrogen) atoms. The van der Waals surface area contributed by atoms with Crippen molar-refractivity contribution in [2.24, 2.45) is 0 Å². The smallest absolute Gasteiger partial charge is 0.168 e. The van der Waals surface area contributed by atoms with Gasteiger partial charge in [0.1, 0.15) is 13.3 Å². The fourth-order valence-electron chi connectivity index (χ4n) is 1.44. The van der Waals surface area contributed by atoms with Crippen molar-refractivity contribution in [1.82, 2.24) is 0 Å². The second-order valence-electron chi connectivity index (χ2n) is 3.85. The van der Waals surface area contributed by atoms with Gasteiger partial charge in [0.2, 0.25) is 0 Å². The van der Waals surface area contributed by atoms with E-state index in [2.05, 4.69) is 0 Å². The average Bonchev–Trinajstić information content (AvgIpc) is 2.27. The number of hydrogen-bond acceptors (Lipinski definition) is 2. The maximum Gasteiger partial charge on any atom is 0.168 e. The van der Waals surface area contributed by atoms with Crippen LogP contribution in [0, 0.1) is 5.82 Å². The number of benzene rings is 1. The zero-order valence-electron chi connectivity index (χ0n) is 9.46. The van der Waals surface area contributed by atoms with E-state index in [1.54, 1.807) is 6.07 Å². The maximum absolute atomic E-state index is 13.8. The quantitative estimate of drug-likeness (QED) is 0.842. The first-order chi connectivity index (χ1) is 7.60. The Balaban J connectivity index is 3.10. The summed E-state index contributed by atoms with van der Waals surface area (Å²) in [7, 11) is 0. The first kappa shape index (κ1) is 12.9. The summed E-state index contributed by atoms with van der Waals surface area (Å²) in [4.78, 5) is 0. The van der Waals surface area contributed by atoms with Gasteiger partial charge in [-0.2, -0.15) is 0 Å². The molecule has 0 aliphatic carbocycles. The summed E-state index contributed by atoms with van der Waals surface area (Å²) in [5.41, 5.74) is 1.04. The second kappa shape index (κ2) is 5.80. The molecule has 0 unspecified atom stereocenters. The molecule has 0 aromatic heterocycles. The molecule has 1 aromatic rings. The molecule has 0 saturated heterocycles. The topological polar surface area (TPSA) is 29.5 Å². The molecule has 90 valence electrons. The predicted octanol–water partition coefficient (Wildman–Crippen LogP) is 2.79. The largest absolute Gasteiger partial charge is 0.488 e. The molecule has 1 aromatic carbocycles. The lowest BCUT2D eigenvalue weighted by atomic mass is 9.99. The number of halogens is 2. The molecule has 0 saturated carbocycles. The minimum atomic E-state index is -0.667. The van der Waals surface area contributed by atoms with Gasteiger partial charge >= 0.3 is 0 Å². The lowest BCUT2D eigenvalue weighted by molar-refractivity contribution is 0.257. The summed E-state index contributed by atoms with van der Waals surface area (Å²) in [5.74, 6) is -0.479. The van der Waals surface area contributed by atoms with Crippen LogP contribution in [-0.2, 0) is 6.61 Å². The van der Waals surface area contributed by atoms with Gasteiger partial charge in [0.05, 0.1) is 6.61 Å². The van der Waals surface area contributed by atoms with Crippen LogP contribution in [0.5, 0.6) is 5.75 Å². The van der Waals surface area contributed by atoms with Crippen molar-refractivity contribution in [3.05, 3.63) is 29.1 Å². The van der Waals surface area contributed by atoms with Crippen molar-refractivity contribution in [1.29, 1.82) is 0 Å². The average molecular weight is 230 g/mol. The van der Waals surface area contributed by atoms with Crippen molar-refractivity contribution >= 4 is 0 Å². The van der Waals surface area contributed by atoms with Crippen LogP contribution >= 0.6 is 0 Å². The molecular weight excluding hydrogens is 214 g/mol. The zero-order chi connectivity index (χ0) is 12.1.